The minimum absolute atomic E-state index is 0.00221. The Kier molecular flexibility index (Phi) is 7.63. The molecule has 2 aromatic carbocycles. The summed E-state index contributed by atoms with van der Waals surface area (Å²) in [5, 5.41) is 12.3. The third-order valence-electron chi connectivity index (χ3n) is 5.27. The first kappa shape index (κ1) is 24.4. The van der Waals surface area contributed by atoms with Crippen LogP contribution in [0.15, 0.2) is 41.3 Å². The minimum Gasteiger partial charge on any atom is -0.504 e. The fourth-order valence-electron chi connectivity index (χ4n) is 3.61. The standard InChI is InChI=1S/C23H22IN3O6S/c1-32-18-11-14(10-15(24)21(18)29)12-19-22(30)27(23(31)34-19)13-20(28)25-16-4-2-3-5-17(16)26-6-8-33-9-7-26/h2-5,10-12,29H,6-9,13H2,1H3,(H,25,28)/b19-12+. The van der Waals surface area contributed by atoms with E-state index in [1.165, 1.54) is 7.11 Å². The van der Waals surface area contributed by atoms with Crippen molar-refractivity contribution < 1.29 is 29.0 Å². The normalized spacial score (nSPS) is 17.4. The van der Waals surface area contributed by atoms with Crippen LogP contribution in [-0.4, -0.2) is 67.0 Å². The van der Waals surface area contributed by atoms with Crippen molar-refractivity contribution >= 4 is 68.9 Å². The van der Waals surface area contributed by atoms with Crippen LogP contribution in [0.3, 0.4) is 0 Å². The van der Waals surface area contributed by atoms with Crippen LogP contribution in [0.5, 0.6) is 11.5 Å². The molecule has 2 aliphatic rings. The van der Waals surface area contributed by atoms with E-state index in [9.17, 15) is 19.5 Å². The minimum atomic E-state index is -0.548. The van der Waals surface area contributed by atoms with Gasteiger partial charge in [0.15, 0.2) is 11.5 Å². The molecule has 0 saturated carbocycles. The summed E-state index contributed by atoms with van der Waals surface area (Å²) in [5.74, 6) is -0.753. The molecule has 11 heteroatoms. The van der Waals surface area contributed by atoms with Crippen LogP contribution < -0.4 is 15.0 Å². The van der Waals surface area contributed by atoms with Gasteiger partial charge in [-0.2, -0.15) is 0 Å². The fourth-order valence-corrected chi connectivity index (χ4v) is 5.08. The van der Waals surface area contributed by atoms with Gasteiger partial charge in [0, 0.05) is 13.1 Å². The van der Waals surface area contributed by atoms with Crippen LogP contribution in [0.25, 0.3) is 6.08 Å². The van der Waals surface area contributed by atoms with Gasteiger partial charge in [-0.25, -0.2) is 0 Å². The Morgan fingerprint density at radius 2 is 2.00 bits per heavy atom. The number of thioether (sulfide) groups is 1. The molecule has 2 N–H and O–H groups in total. The number of nitrogens with zero attached hydrogens (tertiary/aromatic N) is 2. The zero-order chi connectivity index (χ0) is 24.2. The van der Waals surface area contributed by atoms with E-state index in [0.717, 1.165) is 22.3 Å². The number of hydrogen-bond acceptors (Lipinski definition) is 8. The van der Waals surface area contributed by atoms with Crippen LogP contribution in [-0.2, 0) is 14.3 Å². The average Bonchev–Trinajstić information content (AvgIpc) is 3.09. The summed E-state index contributed by atoms with van der Waals surface area (Å²) >= 11 is 2.72. The Morgan fingerprint density at radius 1 is 1.26 bits per heavy atom. The lowest BCUT2D eigenvalue weighted by Crippen LogP contribution is -2.38. The fraction of sp³-hybridized carbons (Fsp3) is 0.261. The Bertz CT molecular complexity index is 1170. The molecule has 0 unspecified atom stereocenters. The Hall–Kier alpha value is -2.77. The third kappa shape index (κ3) is 5.31. The van der Waals surface area contributed by atoms with Gasteiger partial charge in [-0.15, -0.1) is 0 Å². The molecule has 0 aliphatic carbocycles. The number of phenols is 1. The summed E-state index contributed by atoms with van der Waals surface area (Å²) in [5.41, 5.74) is 2.07. The maximum atomic E-state index is 12.9. The second-order valence-corrected chi connectivity index (χ2v) is 9.64. The molecular weight excluding hydrogens is 573 g/mol. The number of carbonyl (C=O) groups excluding carboxylic acids is 3. The van der Waals surface area contributed by atoms with Crippen molar-refractivity contribution in [2.24, 2.45) is 0 Å². The maximum absolute atomic E-state index is 12.9. The lowest BCUT2D eigenvalue weighted by atomic mass is 10.2. The highest BCUT2D eigenvalue weighted by molar-refractivity contribution is 14.1. The molecule has 0 aromatic heterocycles. The molecule has 178 valence electrons. The maximum Gasteiger partial charge on any atom is 0.294 e. The number of aromatic hydroxyl groups is 1. The number of benzene rings is 2. The number of methoxy groups -OCH3 is 1. The first-order valence-corrected chi connectivity index (χ1v) is 12.3. The number of hydrogen-bond donors (Lipinski definition) is 2. The topological polar surface area (TPSA) is 108 Å². The zero-order valence-electron chi connectivity index (χ0n) is 18.2. The van der Waals surface area contributed by atoms with Gasteiger partial charge in [-0.1, -0.05) is 12.1 Å². The summed E-state index contributed by atoms with van der Waals surface area (Å²) in [6.45, 7) is 2.24. The van der Waals surface area contributed by atoms with Crippen LogP contribution in [0.2, 0.25) is 0 Å². The quantitative estimate of drug-likeness (QED) is 0.386. The molecule has 0 spiro atoms. The summed E-state index contributed by atoms with van der Waals surface area (Å²) in [4.78, 5) is 41.3. The number of para-hydroxylation sites is 2. The predicted molar refractivity (Wildman–Crippen MR) is 138 cm³/mol. The van der Waals surface area contributed by atoms with Crippen molar-refractivity contribution in [3.63, 3.8) is 0 Å². The van der Waals surface area contributed by atoms with E-state index in [0.29, 0.717) is 41.1 Å². The lowest BCUT2D eigenvalue weighted by Gasteiger charge is -2.30. The third-order valence-corrected chi connectivity index (χ3v) is 7.00. The van der Waals surface area contributed by atoms with Crippen LogP contribution in [0, 0.1) is 3.57 Å². The zero-order valence-corrected chi connectivity index (χ0v) is 21.2. The van der Waals surface area contributed by atoms with Crippen molar-refractivity contribution in [3.05, 3.63) is 50.4 Å². The van der Waals surface area contributed by atoms with Gasteiger partial charge in [0.2, 0.25) is 5.91 Å². The molecule has 4 rings (SSSR count). The van der Waals surface area contributed by atoms with E-state index in [4.69, 9.17) is 9.47 Å². The first-order valence-electron chi connectivity index (χ1n) is 10.4. The van der Waals surface area contributed by atoms with E-state index in [1.807, 2.05) is 40.8 Å². The molecule has 9 nitrogen and oxygen atoms in total. The number of ether oxygens (including phenoxy) is 2. The number of imide groups is 1. The highest BCUT2D eigenvalue weighted by Crippen LogP contribution is 2.36. The molecule has 0 atom stereocenters. The molecule has 2 saturated heterocycles. The van der Waals surface area contributed by atoms with E-state index in [2.05, 4.69) is 10.2 Å². The summed E-state index contributed by atoms with van der Waals surface area (Å²) in [7, 11) is 1.43. The van der Waals surface area contributed by atoms with Crippen molar-refractivity contribution in [3.8, 4) is 11.5 Å². The molecule has 34 heavy (non-hydrogen) atoms. The van der Waals surface area contributed by atoms with Gasteiger partial charge >= 0.3 is 0 Å². The SMILES string of the molecule is COc1cc(/C=C2/SC(=O)N(CC(=O)Nc3ccccc3N3CCOCC3)C2=O)cc(I)c1O. The number of nitrogens with one attached hydrogen (secondary N) is 1. The van der Waals surface area contributed by atoms with Gasteiger partial charge in [-0.05, 0) is 70.3 Å². The van der Waals surface area contributed by atoms with Crippen LogP contribution >= 0.6 is 34.4 Å². The van der Waals surface area contributed by atoms with E-state index < -0.39 is 23.6 Å². The molecule has 2 fully saturated rings. The molecule has 3 amide bonds. The summed E-state index contributed by atoms with van der Waals surface area (Å²) in [6, 6.07) is 10.6. The smallest absolute Gasteiger partial charge is 0.294 e. The van der Waals surface area contributed by atoms with Crippen LogP contribution in [0.1, 0.15) is 5.56 Å². The Balaban J connectivity index is 1.47. The number of carbonyl (C=O) groups is 3. The second kappa shape index (κ2) is 10.7. The molecule has 2 aliphatic heterocycles. The number of halogens is 1. The van der Waals surface area contributed by atoms with Crippen LogP contribution in [0.4, 0.5) is 16.2 Å². The monoisotopic (exact) mass is 595 g/mol. The lowest BCUT2D eigenvalue weighted by molar-refractivity contribution is -0.127. The van der Waals surface area contributed by atoms with Crippen molar-refractivity contribution in [1.29, 1.82) is 0 Å². The molecule has 2 heterocycles. The van der Waals surface area contributed by atoms with E-state index >= 15 is 0 Å². The molecular formula is C23H22IN3O6S. The van der Waals surface area contributed by atoms with Gasteiger partial charge in [0.05, 0.1) is 40.2 Å². The van der Waals surface area contributed by atoms with Gasteiger partial charge in [0.1, 0.15) is 6.54 Å². The van der Waals surface area contributed by atoms with Crippen molar-refractivity contribution in [1.82, 2.24) is 4.90 Å². The van der Waals surface area contributed by atoms with Crippen molar-refractivity contribution in [2.45, 2.75) is 0 Å². The summed E-state index contributed by atoms with van der Waals surface area (Å²) < 4.78 is 11.1. The van der Waals surface area contributed by atoms with E-state index in [-0.39, 0.29) is 16.4 Å². The number of anilines is 2. The second-order valence-electron chi connectivity index (χ2n) is 7.49. The van der Waals surface area contributed by atoms with Gasteiger partial charge < -0.3 is 24.8 Å². The predicted octanol–water partition coefficient (Wildman–Crippen LogP) is 3.52. The first-order chi connectivity index (χ1) is 16.4. The molecule has 0 bridgehead atoms. The summed E-state index contributed by atoms with van der Waals surface area (Å²) in [6.07, 6.45) is 1.54. The highest BCUT2D eigenvalue weighted by atomic mass is 127. The van der Waals surface area contributed by atoms with Gasteiger partial charge in [-0.3, -0.25) is 19.3 Å². The number of morpholine rings is 1. The van der Waals surface area contributed by atoms with Gasteiger partial charge in [0.25, 0.3) is 11.1 Å². The Labute approximate surface area is 214 Å². The van der Waals surface area contributed by atoms with Crippen molar-refractivity contribution in [2.75, 3.05) is 50.2 Å². The molecule has 2 aromatic rings. The highest BCUT2D eigenvalue weighted by Gasteiger charge is 2.36. The number of amides is 3. The van der Waals surface area contributed by atoms with E-state index in [1.54, 1.807) is 24.3 Å². The average molecular weight is 595 g/mol. The number of rotatable bonds is 6. The number of phenolic OH excluding ortho intramolecular Hbond substituents is 1. The Morgan fingerprint density at radius 3 is 2.74 bits per heavy atom. The molecule has 0 radical (unpaired) electrons. The largest absolute Gasteiger partial charge is 0.504 e.